The molecule has 0 saturated heterocycles. The fourth-order valence-corrected chi connectivity index (χ4v) is 9.01. The van der Waals surface area contributed by atoms with Gasteiger partial charge in [-0.25, -0.2) is 15.0 Å². The van der Waals surface area contributed by atoms with Crippen LogP contribution >= 0.6 is 11.3 Å². The number of nitrogens with zero attached hydrogens (tertiary/aromatic N) is 3. The van der Waals surface area contributed by atoms with Gasteiger partial charge in [0.1, 0.15) is 11.2 Å². The van der Waals surface area contributed by atoms with Crippen LogP contribution in [0, 0.1) is 0 Å². The van der Waals surface area contributed by atoms with E-state index in [2.05, 4.69) is 133 Å². The fourth-order valence-electron chi connectivity index (χ4n) is 7.77. The van der Waals surface area contributed by atoms with Crippen molar-refractivity contribution in [3.8, 4) is 56.4 Å². The summed E-state index contributed by atoms with van der Waals surface area (Å²) in [4.78, 5) is 15.3. The Morgan fingerprint density at radius 2 is 0.981 bits per heavy atom. The van der Waals surface area contributed by atoms with Gasteiger partial charge >= 0.3 is 0 Å². The quantitative estimate of drug-likeness (QED) is 0.179. The van der Waals surface area contributed by atoms with E-state index in [1.165, 1.54) is 42.1 Å². The molecule has 0 aliphatic heterocycles. The third-order valence-corrected chi connectivity index (χ3v) is 11.6. The lowest BCUT2D eigenvalue weighted by Crippen LogP contribution is -2.00. The fraction of sp³-hybridized carbons (Fsp3) is 0. The maximum absolute atomic E-state index is 6.46. The zero-order valence-electron chi connectivity index (χ0n) is 28.9. The van der Waals surface area contributed by atoms with Crippen LogP contribution in [0.3, 0.4) is 0 Å². The van der Waals surface area contributed by atoms with Crippen LogP contribution in [0.25, 0.3) is 109 Å². The molecule has 0 spiro atoms. The molecule has 0 radical (unpaired) electrons. The average molecular weight is 708 g/mol. The zero-order valence-corrected chi connectivity index (χ0v) is 29.7. The first-order valence-electron chi connectivity index (χ1n) is 18.0. The van der Waals surface area contributed by atoms with Gasteiger partial charge in [-0.05, 0) is 57.3 Å². The Labute approximate surface area is 314 Å². The molecule has 0 N–H and O–H groups in total. The molecule has 3 aromatic heterocycles. The number of aromatic nitrogens is 3. The molecule has 11 aromatic rings. The van der Waals surface area contributed by atoms with Crippen molar-refractivity contribution >= 4 is 64.2 Å². The van der Waals surface area contributed by atoms with E-state index >= 15 is 0 Å². The Kier molecular flexibility index (Phi) is 7.00. The smallest absolute Gasteiger partial charge is 0.164 e. The molecule has 4 nitrogen and oxygen atoms in total. The van der Waals surface area contributed by atoms with Gasteiger partial charge in [0.25, 0.3) is 0 Å². The molecule has 3 heterocycles. The molecule has 0 amide bonds. The van der Waals surface area contributed by atoms with Crippen LogP contribution in [0.4, 0.5) is 0 Å². The van der Waals surface area contributed by atoms with Gasteiger partial charge in [-0.3, -0.25) is 0 Å². The van der Waals surface area contributed by atoms with E-state index in [1.807, 2.05) is 53.8 Å². The SMILES string of the molecule is c1ccc(-c2nc(-c3ccc(-c4cccc5c4sc4ccccc45)cc3)nc(-c3cccc4oc5ccc(-c6cccc7ccccc67)cc5c34)n2)cc1. The molecular weight excluding hydrogens is 679 g/mol. The van der Waals surface area contributed by atoms with Gasteiger partial charge in [0.2, 0.25) is 0 Å². The van der Waals surface area contributed by atoms with Crippen molar-refractivity contribution in [2.75, 3.05) is 0 Å². The number of fused-ring (bicyclic) bond motifs is 7. The van der Waals surface area contributed by atoms with E-state index in [0.29, 0.717) is 17.5 Å². The minimum Gasteiger partial charge on any atom is -0.456 e. The van der Waals surface area contributed by atoms with E-state index in [-0.39, 0.29) is 0 Å². The summed E-state index contributed by atoms with van der Waals surface area (Å²) in [6.45, 7) is 0. The highest BCUT2D eigenvalue weighted by molar-refractivity contribution is 7.26. The van der Waals surface area contributed by atoms with Gasteiger partial charge in [0.15, 0.2) is 17.5 Å². The second-order valence-electron chi connectivity index (χ2n) is 13.5. The first-order valence-corrected chi connectivity index (χ1v) is 18.8. The van der Waals surface area contributed by atoms with Gasteiger partial charge in [-0.2, -0.15) is 0 Å². The molecule has 0 bridgehead atoms. The van der Waals surface area contributed by atoms with E-state index in [4.69, 9.17) is 19.4 Å². The molecule has 0 aliphatic rings. The van der Waals surface area contributed by atoms with Crippen LogP contribution in [0.5, 0.6) is 0 Å². The molecule has 11 rings (SSSR count). The lowest BCUT2D eigenvalue weighted by atomic mass is 9.96. The third kappa shape index (κ3) is 5.01. The van der Waals surface area contributed by atoms with Gasteiger partial charge in [0.05, 0.1) is 0 Å². The number of hydrogen-bond donors (Lipinski definition) is 0. The average Bonchev–Trinajstić information content (AvgIpc) is 3.82. The summed E-state index contributed by atoms with van der Waals surface area (Å²) >= 11 is 1.84. The van der Waals surface area contributed by atoms with Crippen molar-refractivity contribution in [2.24, 2.45) is 0 Å². The highest BCUT2D eigenvalue weighted by Crippen LogP contribution is 2.41. The number of thiophene rings is 1. The van der Waals surface area contributed by atoms with E-state index in [0.717, 1.165) is 49.8 Å². The second kappa shape index (κ2) is 12.3. The molecule has 8 aromatic carbocycles. The van der Waals surface area contributed by atoms with E-state index in [9.17, 15) is 0 Å². The van der Waals surface area contributed by atoms with Crippen LogP contribution < -0.4 is 0 Å². The molecule has 5 heteroatoms. The summed E-state index contributed by atoms with van der Waals surface area (Å²) in [5, 5.41) is 7.02. The Bertz CT molecular complexity index is 3210. The third-order valence-electron chi connectivity index (χ3n) is 10.4. The van der Waals surface area contributed by atoms with Crippen molar-refractivity contribution in [2.45, 2.75) is 0 Å². The van der Waals surface area contributed by atoms with Crippen molar-refractivity contribution in [3.05, 3.63) is 176 Å². The van der Waals surface area contributed by atoms with Crippen molar-refractivity contribution in [1.29, 1.82) is 0 Å². The van der Waals surface area contributed by atoms with Crippen LogP contribution in [-0.2, 0) is 0 Å². The van der Waals surface area contributed by atoms with Crippen LogP contribution in [-0.4, -0.2) is 15.0 Å². The summed E-state index contributed by atoms with van der Waals surface area (Å²) in [6.07, 6.45) is 0. The Morgan fingerprint density at radius 1 is 0.370 bits per heavy atom. The Balaban J connectivity index is 1.07. The van der Waals surface area contributed by atoms with Crippen LogP contribution in [0.1, 0.15) is 0 Å². The predicted molar refractivity (Wildman–Crippen MR) is 225 cm³/mol. The number of benzene rings is 8. The first-order chi connectivity index (χ1) is 26.7. The monoisotopic (exact) mass is 707 g/mol. The maximum atomic E-state index is 6.46. The molecule has 0 atom stereocenters. The molecule has 0 aliphatic carbocycles. The normalized spacial score (nSPS) is 11.7. The topological polar surface area (TPSA) is 51.8 Å². The molecule has 54 heavy (non-hydrogen) atoms. The van der Waals surface area contributed by atoms with Crippen LogP contribution in [0.2, 0.25) is 0 Å². The highest BCUT2D eigenvalue weighted by Gasteiger charge is 2.19. The Hall–Kier alpha value is -6.95. The highest BCUT2D eigenvalue weighted by atomic mass is 32.1. The minimum absolute atomic E-state index is 0.599. The first kappa shape index (κ1) is 30.7. The number of rotatable bonds is 5. The van der Waals surface area contributed by atoms with Crippen molar-refractivity contribution in [1.82, 2.24) is 15.0 Å². The van der Waals surface area contributed by atoms with E-state index < -0.39 is 0 Å². The summed E-state index contributed by atoms with van der Waals surface area (Å²) in [5.41, 5.74) is 9.06. The molecular formula is C49H29N3OS. The largest absolute Gasteiger partial charge is 0.456 e. The molecule has 0 unspecified atom stereocenters. The Morgan fingerprint density at radius 3 is 1.85 bits per heavy atom. The summed E-state index contributed by atoms with van der Waals surface area (Å²) in [5.74, 6) is 1.84. The minimum atomic E-state index is 0.599. The van der Waals surface area contributed by atoms with Crippen LogP contribution in [0.15, 0.2) is 180 Å². The molecule has 0 fully saturated rings. The summed E-state index contributed by atoms with van der Waals surface area (Å²) < 4.78 is 9.05. The van der Waals surface area contributed by atoms with Gasteiger partial charge in [0, 0.05) is 47.6 Å². The van der Waals surface area contributed by atoms with Crippen molar-refractivity contribution < 1.29 is 4.42 Å². The van der Waals surface area contributed by atoms with Gasteiger partial charge in [-0.1, -0.05) is 152 Å². The number of hydrogen-bond acceptors (Lipinski definition) is 5. The molecule has 0 saturated carbocycles. The van der Waals surface area contributed by atoms with Gasteiger partial charge in [-0.15, -0.1) is 11.3 Å². The van der Waals surface area contributed by atoms with Gasteiger partial charge < -0.3 is 4.42 Å². The zero-order chi connectivity index (χ0) is 35.6. The standard InChI is InChI=1S/C49H29N3OS/c1-2-12-32(13-3-1)47-50-48(33-25-23-31(24-26-33)37-18-9-19-39-38-16-6-7-22-44(38)54-46(37)39)52-49(51-47)40-20-10-21-43-45(40)41-29-34(27-28-42(41)53-43)36-17-8-14-30-11-4-5-15-35(30)36/h1-29H. The summed E-state index contributed by atoms with van der Waals surface area (Å²) in [6, 6.07) is 61.5. The lowest BCUT2D eigenvalue weighted by Gasteiger charge is -2.10. The number of furan rings is 1. The van der Waals surface area contributed by atoms with Crippen molar-refractivity contribution in [3.63, 3.8) is 0 Å². The molecule has 252 valence electrons. The lowest BCUT2D eigenvalue weighted by molar-refractivity contribution is 0.669. The predicted octanol–water partition coefficient (Wildman–Crippen LogP) is 13.6. The second-order valence-corrected chi connectivity index (χ2v) is 14.6. The summed E-state index contributed by atoms with van der Waals surface area (Å²) in [7, 11) is 0. The maximum Gasteiger partial charge on any atom is 0.164 e. The van der Waals surface area contributed by atoms with E-state index in [1.54, 1.807) is 0 Å².